The monoisotopic (exact) mass is 413 g/mol. The summed E-state index contributed by atoms with van der Waals surface area (Å²) in [4.78, 5) is 0.112. The van der Waals surface area contributed by atoms with Crippen molar-refractivity contribution in [2.24, 2.45) is 0 Å². The van der Waals surface area contributed by atoms with Crippen LogP contribution in [0.25, 0.3) is 0 Å². The average Bonchev–Trinajstić information content (AvgIpc) is 2.60. The van der Waals surface area contributed by atoms with Crippen molar-refractivity contribution in [3.63, 3.8) is 0 Å². The van der Waals surface area contributed by atoms with Crippen LogP contribution in [0.4, 0.5) is 0 Å². The molecule has 27 heavy (non-hydrogen) atoms. The lowest BCUT2D eigenvalue weighted by atomic mass is 10.2. The summed E-state index contributed by atoms with van der Waals surface area (Å²) in [6.07, 6.45) is 0.333. The lowest BCUT2D eigenvalue weighted by Crippen LogP contribution is -2.33. The van der Waals surface area contributed by atoms with E-state index in [1.54, 1.807) is 24.3 Å². The molecule has 8 heteroatoms. The predicted molar refractivity (Wildman–Crippen MR) is 106 cm³/mol. The molecule has 148 valence electrons. The highest BCUT2D eigenvalue weighted by Crippen LogP contribution is 2.25. The van der Waals surface area contributed by atoms with Crippen molar-refractivity contribution in [3.8, 4) is 11.5 Å². The van der Waals surface area contributed by atoms with Gasteiger partial charge in [-0.2, -0.15) is 0 Å². The van der Waals surface area contributed by atoms with E-state index in [4.69, 9.17) is 21.1 Å². The van der Waals surface area contributed by atoms with Crippen LogP contribution in [-0.2, 0) is 9.84 Å². The van der Waals surface area contributed by atoms with Gasteiger partial charge in [0.05, 0.1) is 5.02 Å². The van der Waals surface area contributed by atoms with Crippen LogP contribution in [0.1, 0.15) is 5.56 Å². The van der Waals surface area contributed by atoms with Crippen LogP contribution in [-0.4, -0.2) is 52.2 Å². The van der Waals surface area contributed by atoms with E-state index in [0.717, 1.165) is 11.8 Å². The molecule has 0 radical (unpaired) electrons. The number of aryl methyl sites for hydroxylation is 1. The van der Waals surface area contributed by atoms with Crippen LogP contribution >= 0.6 is 11.6 Å². The number of nitrogens with one attached hydrogen (secondary N) is 1. The molecular formula is C19H24ClNO5S. The number of aliphatic hydroxyl groups excluding tert-OH is 1. The maximum Gasteiger partial charge on any atom is 0.179 e. The lowest BCUT2D eigenvalue weighted by Gasteiger charge is -2.16. The van der Waals surface area contributed by atoms with Gasteiger partial charge in [-0.15, -0.1) is 0 Å². The number of hydrogen-bond acceptors (Lipinski definition) is 6. The zero-order valence-corrected chi connectivity index (χ0v) is 16.9. The Labute approximate surface area is 165 Å². The molecule has 0 bridgehead atoms. The Bertz CT molecular complexity index is 857. The van der Waals surface area contributed by atoms with Gasteiger partial charge in [0, 0.05) is 19.3 Å². The van der Waals surface area contributed by atoms with E-state index in [0.29, 0.717) is 23.9 Å². The number of para-hydroxylation sites is 1. The SMILES string of the molecule is Cc1ccc(S(C)(=O)=O)c(OCC(O)CNCCOc2ccccc2Cl)c1. The molecule has 0 aliphatic heterocycles. The Balaban J connectivity index is 1.75. The second-order valence-corrected chi connectivity index (χ2v) is 8.56. The first-order chi connectivity index (χ1) is 12.8. The molecule has 0 saturated heterocycles. The first-order valence-corrected chi connectivity index (χ1v) is 10.7. The summed E-state index contributed by atoms with van der Waals surface area (Å²) >= 11 is 6.00. The summed E-state index contributed by atoms with van der Waals surface area (Å²) in [7, 11) is -3.40. The lowest BCUT2D eigenvalue weighted by molar-refractivity contribution is 0.104. The van der Waals surface area contributed by atoms with Crippen LogP contribution in [0.2, 0.25) is 5.02 Å². The summed E-state index contributed by atoms with van der Waals surface area (Å²) in [6, 6.07) is 12.1. The molecular weight excluding hydrogens is 390 g/mol. The predicted octanol–water partition coefficient (Wildman–Crippen LogP) is 2.46. The van der Waals surface area contributed by atoms with Crippen molar-refractivity contribution >= 4 is 21.4 Å². The van der Waals surface area contributed by atoms with E-state index in [1.165, 1.54) is 6.07 Å². The van der Waals surface area contributed by atoms with Gasteiger partial charge in [0.1, 0.15) is 35.7 Å². The van der Waals surface area contributed by atoms with Gasteiger partial charge in [0.15, 0.2) is 9.84 Å². The molecule has 0 heterocycles. The summed E-state index contributed by atoms with van der Waals surface area (Å²) in [6.45, 7) is 3.01. The molecule has 2 aromatic carbocycles. The fourth-order valence-electron chi connectivity index (χ4n) is 2.34. The van der Waals surface area contributed by atoms with Crippen molar-refractivity contribution in [2.45, 2.75) is 17.9 Å². The second-order valence-electron chi connectivity index (χ2n) is 6.17. The molecule has 0 aliphatic carbocycles. The van der Waals surface area contributed by atoms with Crippen molar-refractivity contribution in [1.29, 1.82) is 0 Å². The Morgan fingerprint density at radius 3 is 2.59 bits per heavy atom. The van der Waals surface area contributed by atoms with Gasteiger partial charge in [-0.25, -0.2) is 8.42 Å². The smallest absolute Gasteiger partial charge is 0.179 e. The number of halogens is 1. The van der Waals surface area contributed by atoms with Gasteiger partial charge in [0.2, 0.25) is 0 Å². The third-order valence-electron chi connectivity index (χ3n) is 3.68. The minimum Gasteiger partial charge on any atom is -0.491 e. The molecule has 1 atom stereocenters. The molecule has 0 saturated carbocycles. The van der Waals surface area contributed by atoms with Gasteiger partial charge < -0.3 is 19.9 Å². The van der Waals surface area contributed by atoms with Gasteiger partial charge >= 0.3 is 0 Å². The third kappa shape index (κ3) is 7.03. The maximum absolute atomic E-state index is 11.8. The fraction of sp³-hybridized carbons (Fsp3) is 0.368. The van der Waals surface area contributed by atoms with E-state index in [9.17, 15) is 13.5 Å². The molecule has 0 aliphatic rings. The van der Waals surface area contributed by atoms with Crippen LogP contribution in [0, 0.1) is 6.92 Å². The van der Waals surface area contributed by atoms with Crippen LogP contribution in [0.3, 0.4) is 0 Å². The summed E-state index contributed by atoms with van der Waals surface area (Å²) in [5, 5.41) is 13.6. The maximum atomic E-state index is 11.8. The number of sulfone groups is 1. The highest BCUT2D eigenvalue weighted by atomic mass is 35.5. The van der Waals surface area contributed by atoms with Crippen molar-refractivity contribution in [1.82, 2.24) is 5.32 Å². The fourth-order valence-corrected chi connectivity index (χ4v) is 3.33. The second kappa shape index (κ2) is 9.94. The van der Waals surface area contributed by atoms with Gasteiger partial charge in [-0.1, -0.05) is 29.8 Å². The Morgan fingerprint density at radius 1 is 1.15 bits per heavy atom. The van der Waals surface area contributed by atoms with Crippen LogP contribution in [0.5, 0.6) is 11.5 Å². The van der Waals surface area contributed by atoms with Gasteiger partial charge in [-0.3, -0.25) is 0 Å². The number of ether oxygens (including phenoxy) is 2. The van der Waals surface area contributed by atoms with Crippen molar-refractivity contribution in [3.05, 3.63) is 53.1 Å². The van der Waals surface area contributed by atoms with E-state index < -0.39 is 15.9 Å². The zero-order valence-electron chi connectivity index (χ0n) is 15.3. The highest BCUT2D eigenvalue weighted by Gasteiger charge is 2.16. The summed E-state index contributed by atoms with van der Waals surface area (Å²) in [5.41, 5.74) is 0.877. The Morgan fingerprint density at radius 2 is 1.89 bits per heavy atom. The summed E-state index contributed by atoms with van der Waals surface area (Å²) in [5.74, 6) is 0.858. The molecule has 0 spiro atoms. The largest absolute Gasteiger partial charge is 0.491 e. The molecule has 0 fully saturated rings. The van der Waals surface area contributed by atoms with E-state index >= 15 is 0 Å². The standard InChI is InChI=1S/C19H24ClNO5S/c1-14-7-8-19(27(2,23)24)18(11-14)26-13-15(22)12-21-9-10-25-17-6-4-3-5-16(17)20/h3-8,11,15,21-22H,9-10,12-13H2,1-2H3. The molecule has 1 unspecified atom stereocenters. The molecule has 0 amide bonds. The van der Waals surface area contributed by atoms with Crippen molar-refractivity contribution in [2.75, 3.05) is 32.6 Å². The zero-order chi connectivity index (χ0) is 19.9. The first kappa shape index (κ1) is 21.5. The highest BCUT2D eigenvalue weighted by molar-refractivity contribution is 7.90. The Kier molecular flexibility index (Phi) is 7.91. The topological polar surface area (TPSA) is 84.9 Å². The van der Waals surface area contributed by atoms with E-state index in [2.05, 4.69) is 5.32 Å². The summed E-state index contributed by atoms with van der Waals surface area (Å²) < 4.78 is 34.7. The minimum absolute atomic E-state index is 0.0235. The molecule has 2 N–H and O–H groups in total. The average molecular weight is 414 g/mol. The molecule has 0 aromatic heterocycles. The normalized spacial score (nSPS) is 12.6. The third-order valence-corrected chi connectivity index (χ3v) is 5.13. The number of rotatable bonds is 10. The quantitative estimate of drug-likeness (QED) is 0.582. The number of benzene rings is 2. The van der Waals surface area contributed by atoms with E-state index in [-0.39, 0.29) is 23.8 Å². The van der Waals surface area contributed by atoms with Gasteiger partial charge in [-0.05, 0) is 36.8 Å². The molecule has 2 aromatic rings. The molecule has 6 nitrogen and oxygen atoms in total. The first-order valence-electron chi connectivity index (χ1n) is 8.47. The van der Waals surface area contributed by atoms with Crippen molar-refractivity contribution < 1.29 is 23.0 Å². The van der Waals surface area contributed by atoms with E-state index in [1.807, 2.05) is 19.1 Å². The molecule has 2 rings (SSSR count). The number of aliphatic hydroxyl groups is 1. The Hall–Kier alpha value is -1.80. The van der Waals surface area contributed by atoms with Crippen LogP contribution < -0.4 is 14.8 Å². The number of hydrogen-bond donors (Lipinski definition) is 2. The van der Waals surface area contributed by atoms with Gasteiger partial charge in [0.25, 0.3) is 0 Å². The van der Waals surface area contributed by atoms with Crippen LogP contribution in [0.15, 0.2) is 47.4 Å². The minimum atomic E-state index is -3.40.